The van der Waals surface area contributed by atoms with Crippen molar-refractivity contribution >= 4 is 40.5 Å². The Balaban J connectivity index is 1.69. The maximum absolute atomic E-state index is 12.3. The average molecular weight is 348 g/mol. The van der Waals surface area contributed by atoms with Crippen molar-refractivity contribution in [3.8, 4) is 0 Å². The number of halogens is 1. The van der Waals surface area contributed by atoms with Crippen molar-refractivity contribution in [2.45, 2.75) is 18.8 Å². The van der Waals surface area contributed by atoms with Crippen LogP contribution < -0.4 is 0 Å². The van der Waals surface area contributed by atoms with Crippen LogP contribution in [0.3, 0.4) is 0 Å². The van der Waals surface area contributed by atoms with Gasteiger partial charge in [0.05, 0.1) is 6.54 Å². The van der Waals surface area contributed by atoms with Gasteiger partial charge in [-0.15, -0.1) is 11.3 Å². The summed E-state index contributed by atoms with van der Waals surface area (Å²) in [6.45, 7) is -0.212. The molecule has 1 aliphatic rings. The molecule has 1 aromatic carbocycles. The Labute approximate surface area is 142 Å². The van der Waals surface area contributed by atoms with Gasteiger partial charge in [0.25, 0.3) is 0 Å². The van der Waals surface area contributed by atoms with E-state index in [0.717, 1.165) is 9.78 Å². The van der Waals surface area contributed by atoms with Crippen LogP contribution in [0.1, 0.15) is 34.0 Å². The van der Waals surface area contributed by atoms with Gasteiger partial charge in [0.15, 0.2) is 5.78 Å². The first-order chi connectivity index (χ1) is 11.0. The van der Waals surface area contributed by atoms with E-state index in [1.54, 1.807) is 35.6 Å². The summed E-state index contributed by atoms with van der Waals surface area (Å²) >= 11 is 7.33. The van der Waals surface area contributed by atoms with Crippen molar-refractivity contribution in [3.63, 3.8) is 0 Å². The summed E-state index contributed by atoms with van der Waals surface area (Å²) in [6, 6.07) is 10.3. The Kier molecular flexibility index (Phi) is 4.59. The molecule has 0 radical (unpaired) electrons. The molecule has 0 bridgehead atoms. The molecule has 0 atom stereocenters. The molecule has 1 saturated heterocycles. The average Bonchev–Trinajstić information content (AvgIpc) is 3.05. The number of amides is 2. The number of thiophene rings is 1. The number of nitrogens with zero attached hydrogens (tertiary/aromatic N) is 1. The topological polar surface area (TPSA) is 54.5 Å². The lowest BCUT2D eigenvalue weighted by Gasteiger charge is -2.29. The first-order valence-corrected chi connectivity index (χ1v) is 8.45. The van der Waals surface area contributed by atoms with Crippen LogP contribution in [-0.4, -0.2) is 29.0 Å². The van der Waals surface area contributed by atoms with Gasteiger partial charge in [-0.2, -0.15) is 0 Å². The van der Waals surface area contributed by atoms with E-state index >= 15 is 0 Å². The minimum atomic E-state index is -0.290. The molecule has 6 heteroatoms. The summed E-state index contributed by atoms with van der Waals surface area (Å²) < 4.78 is 0. The highest BCUT2D eigenvalue weighted by Gasteiger charge is 2.34. The summed E-state index contributed by atoms with van der Waals surface area (Å²) in [5.41, 5.74) is 0.440. The predicted molar refractivity (Wildman–Crippen MR) is 88.8 cm³/mol. The minimum absolute atomic E-state index is 0.0723. The molecule has 3 rings (SSSR count). The van der Waals surface area contributed by atoms with E-state index in [9.17, 15) is 14.4 Å². The first kappa shape index (κ1) is 15.9. The van der Waals surface area contributed by atoms with Crippen LogP contribution in [0.4, 0.5) is 0 Å². The Bertz CT molecular complexity index is 722. The summed E-state index contributed by atoms with van der Waals surface area (Å²) in [5, 5.41) is 2.46. The zero-order chi connectivity index (χ0) is 16.4. The number of ketones is 1. The van der Waals surface area contributed by atoms with Crippen LogP contribution in [-0.2, 0) is 9.59 Å². The molecule has 2 amide bonds. The second-order valence-corrected chi connectivity index (χ2v) is 6.84. The van der Waals surface area contributed by atoms with E-state index in [1.165, 1.54) is 0 Å². The second-order valence-electron chi connectivity index (χ2n) is 5.42. The third-order valence-corrected chi connectivity index (χ3v) is 5.14. The van der Waals surface area contributed by atoms with Crippen molar-refractivity contribution in [3.05, 3.63) is 57.2 Å². The molecule has 1 aliphatic heterocycles. The van der Waals surface area contributed by atoms with E-state index in [2.05, 4.69) is 0 Å². The molecule has 0 saturated carbocycles. The predicted octanol–water partition coefficient (Wildman–Crippen LogP) is 3.52. The summed E-state index contributed by atoms with van der Waals surface area (Å²) in [5.74, 6) is -0.918. The van der Waals surface area contributed by atoms with E-state index in [0.29, 0.717) is 10.6 Å². The monoisotopic (exact) mass is 347 g/mol. The third kappa shape index (κ3) is 3.51. The lowest BCUT2D eigenvalue weighted by atomic mass is 9.93. The Morgan fingerprint density at radius 1 is 1.13 bits per heavy atom. The molecule has 1 aromatic heterocycles. The maximum atomic E-state index is 12.3. The molecule has 0 N–H and O–H groups in total. The Hall–Kier alpha value is -1.98. The van der Waals surface area contributed by atoms with Crippen LogP contribution in [0.2, 0.25) is 5.02 Å². The zero-order valence-electron chi connectivity index (χ0n) is 12.2. The lowest BCUT2D eigenvalue weighted by molar-refractivity contribution is -0.148. The molecule has 1 fully saturated rings. The van der Waals surface area contributed by atoms with Crippen LogP contribution >= 0.6 is 22.9 Å². The molecule has 2 heterocycles. The van der Waals surface area contributed by atoms with Gasteiger partial charge in [0, 0.05) is 34.2 Å². The van der Waals surface area contributed by atoms with Crippen molar-refractivity contribution in [2.24, 2.45) is 0 Å². The number of carbonyl (C=O) groups excluding carboxylic acids is 3. The summed E-state index contributed by atoms with van der Waals surface area (Å²) in [4.78, 5) is 38.9. The van der Waals surface area contributed by atoms with Crippen LogP contribution in [0.5, 0.6) is 0 Å². The molecule has 0 spiro atoms. The number of benzene rings is 1. The van der Waals surface area contributed by atoms with Gasteiger partial charge < -0.3 is 0 Å². The largest absolute Gasteiger partial charge is 0.292 e. The highest BCUT2D eigenvalue weighted by Crippen LogP contribution is 2.32. The Morgan fingerprint density at radius 2 is 1.78 bits per heavy atom. The molecule has 0 aliphatic carbocycles. The number of rotatable bonds is 4. The molecule has 0 unspecified atom stereocenters. The van der Waals surface area contributed by atoms with Gasteiger partial charge in [0.1, 0.15) is 0 Å². The highest BCUT2D eigenvalue weighted by atomic mass is 35.5. The first-order valence-electron chi connectivity index (χ1n) is 7.20. The van der Waals surface area contributed by atoms with Crippen molar-refractivity contribution in [1.29, 1.82) is 0 Å². The SMILES string of the molecule is O=C(CN1C(=O)CC(c2cccs2)CC1=O)c1ccc(Cl)cc1. The number of likely N-dealkylation sites (tertiary alicyclic amines) is 1. The van der Waals surface area contributed by atoms with Crippen molar-refractivity contribution in [1.82, 2.24) is 4.90 Å². The van der Waals surface area contributed by atoms with Crippen LogP contribution in [0, 0.1) is 0 Å². The summed E-state index contributed by atoms with van der Waals surface area (Å²) in [6.07, 6.45) is 0.528. The molecule has 23 heavy (non-hydrogen) atoms. The van der Waals surface area contributed by atoms with Gasteiger partial charge in [-0.1, -0.05) is 17.7 Å². The number of Topliss-reactive ketones (excluding diaryl/α,β-unsaturated/α-hetero) is 1. The number of carbonyl (C=O) groups is 3. The normalized spacial score (nSPS) is 16.0. The zero-order valence-corrected chi connectivity index (χ0v) is 13.8. The van der Waals surface area contributed by atoms with Gasteiger partial charge in [-0.3, -0.25) is 19.3 Å². The number of piperidine rings is 1. The van der Waals surface area contributed by atoms with E-state index in [1.807, 2.05) is 17.5 Å². The van der Waals surface area contributed by atoms with Crippen LogP contribution in [0.15, 0.2) is 41.8 Å². The highest BCUT2D eigenvalue weighted by molar-refractivity contribution is 7.10. The maximum Gasteiger partial charge on any atom is 0.230 e. The fourth-order valence-electron chi connectivity index (χ4n) is 2.62. The van der Waals surface area contributed by atoms with Crippen molar-refractivity contribution in [2.75, 3.05) is 6.54 Å². The fourth-order valence-corrected chi connectivity index (χ4v) is 3.58. The van der Waals surface area contributed by atoms with Gasteiger partial charge >= 0.3 is 0 Å². The molecule has 4 nitrogen and oxygen atoms in total. The third-order valence-electron chi connectivity index (χ3n) is 3.86. The van der Waals surface area contributed by atoms with Crippen molar-refractivity contribution < 1.29 is 14.4 Å². The standard InChI is InChI=1S/C17H14ClNO3S/c18-13-5-3-11(4-6-13)14(20)10-19-16(21)8-12(9-17(19)22)15-2-1-7-23-15/h1-7,12H,8-10H2. The molecular formula is C17H14ClNO3S. The molecule has 118 valence electrons. The smallest absolute Gasteiger partial charge is 0.230 e. The molecular weight excluding hydrogens is 334 g/mol. The van der Waals surface area contributed by atoms with E-state index < -0.39 is 0 Å². The number of hydrogen-bond acceptors (Lipinski definition) is 4. The van der Waals surface area contributed by atoms with Crippen LogP contribution in [0.25, 0.3) is 0 Å². The van der Waals surface area contributed by atoms with E-state index in [-0.39, 0.29) is 42.9 Å². The van der Waals surface area contributed by atoms with Gasteiger partial charge in [0.2, 0.25) is 11.8 Å². The molecule has 2 aromatic rings. The van der Waals surface area contributed by atoms with Gasteiger partial charge in [-0.05, 0) is 35.7 Å². The minimum Gasteiger partial charge on any atom is -0.292 e. The second kappa shape index (κ2) is 6.64. The lowest BCUT2D eigenvalue weighted by Crippen LogP contribution is -2.45. The number of imide groups is 1. The fraction of sp³-hybridized carbons (Fsp3) is 0.235. The Morgan fingerprint density at radius 3 is 2.35 bits per heavy atom. The quantitative estimate of drug-likeness (QED) is 0.628. The van der Waals surface area contributed by atoms with E-state index in [4.69, 9.17) is 11.6 Å². The van der Waals surface area contributed by atoms with Gasteiger partial charge in [-0.25, -0.2) is 0 Å². The number of hydrogen-bond donors (Lipinski definition) is 0. The summed E-state index contributed by atoms with van der Waals surface area (Å²) in [7, 11) is 0.